The van der Waals surface area contributed by atoms with E-state index < -0.39 is 9.84 Å². The lowest BCUT2D eigenvalue weighted by Gasteiger charge is -2.30. The van der Waals surface area contributed by atoms with E-state index in [9.17, 15) is 8.42 Å². The van der Waals surface area contributed by atoms with Crippen LogP contribution < -0.4 is 5.32 Å². The monoisotopic (exact) mass is 283 g/mol. The second kappa shape index (κ2) is 5.21. The fraction of sp³-hybridized carbons (Fsp3) is 0.867. The zero-order valence-electron chi connectivity index (χ0n) is 11.7. The first-order valence-electron chi connectivity index (χ1n) is 7.63. The second-order valence-electron chi connectivity index (χ2n) is 6.76. The molecule has 2 saturated carbocycles. The highest BCUT2D eigenvalue weighted by molar-refractivity contribution is 7.91. The van der Waals surface area contributed by atoms with E-state index in [0.29, 0.717) is 6.04 Å². The van der Waals surface area contributed by atoms with Crippen molar-refractivity contribution in [2.24, 2.45) is 17.8 Å². The highest BCUT2D eigenvalue weighted by atomic mass is 32.2. The van der Waals surface area contributed by atoms with Crippen molar-refractivity contribution >= 4 is 9.84 Å². The number of fused-ring (bicyclic) bond motifs is 2. The zero-order valence-corrected chi connectivity index (χ0v) is 12.5. The van der Waals surface area contributed by atoms with E-state index >= 15 is 0 Å². The van der Waals surface area contributed by atoms with Crippen LogP contribution in [0.5, 0.6) is 0 Å². The first-order chi connectivity index (χ1) is 9.02. The molecule has 0 spiro atoms. The van der Waals surface area contributed by atoms with Gasteiger partial charge in [0.15, 0.2) is 0 Å². The topological polar surface area (TPSA) is 46.2 Å². The zero-order chi connectivity index (χ0) is 13.5. The third kappa shape index (κ3) is 3.05. The lowest BCUT2D eigenvalue weighted by molar-refractivity contribution is 0.328. The van der Waals surface area contributed by atoms with Gasteiger partial charge in [0, 0.05) is 12.3 Å². The van der Waals surface area contributed by atoms with Crippen LogP contribution in [0, 0.1) is 17.8 Å². The van der Waals surface area contributed by atoms with E-state index in [1.165, 1.54) is 19.1 Å². The third-order valence-electron chi connectivity index (χ3n) is 5.32. The van der Waals surface area contributed by atoms with Gasteiger partial charge in [-0.2, -0.15) is 0 Å². The Hall–Kier alpha value is -0.350. The quantitative estimate of drug-likeness (QED) is 0.804. The van der Waals surface area contributed by atoms with E-state index in [1.54, 1.807) is 0 Å². The van der Waals surface area contributed by atoms with Crippen molar-refractivity contribution in [3.63, 3.8) is 0 Å². The molecule has 3 aliphatic rings. The van der Waals surface area contributed by atoms with Crippen molar-refractivity contribution in [3.8, 4) is 0 Å². The molecule has 0 aromatic heterocycles. The van der Waals surface area contributed by atoms with Crippen LogP contribution in [0.25, 0.3) is 0 Å². The van der Waals surface area contributed by atoms with E-state index in [1.807, 2.05) is 0 Å². The molecule has 2 fully saturated rings. The molecule has 3 rings (SSSR count). The minimum atomic E-state index is -2.86. The van der Waals surface area contributed by atoms with Crippen molar-refractivity contribution in [3.05, 3.63) is 12.2 Å². The normalized spacial score (nSPS) is 41.8. The molecule has 19 heavy (non-hydrogen) atoms. The number of nitrogens with one attached hydrogen (secondary N) is 1. The summed E-state index contributed by atoms with van der Waals surface area (Å²) in [4.78, 5) is 0. The summed E-state index contributed by atoms with van der Waals surface area (Å²) in [6.45, 7) is 1.08. The molecule has 3 nitrogen and oxygen atoms in total. The summed E-state index contributed by atoms with van der Waals surface area (Å²) < 4.78 is 23.3. The largest absolute Gasteiger partial charge is 0.314 e. The molecule has 108 valence electrons. The van der Waals surface area contributed by atoms with Crippen LogP contribution in [0.15, 0.2) is 12.2 Å². The van der Waals surface area contributed by atoms with Crippen molar-refractivity contribution in [2.45, 2.75) is 49.8 Å². The van der Waals surface area contributed by atoms with Crippen molar-refractivity contribution < 1.29 is 8.42 Å². The van der Waals surface area contributed by atoms with Crippen molar-refractivity contribution in [2.75, 3.05) is 12.8 Å². The van der Waals surface area contributed by atoms with Crippen molar-refractivity contribution in [1.29, 1.82) is 0 Å². The Bertz CT molecular complexity index is 457. The van der Waals surface area contributed by atoms with Crippen LogP contribution in [-0.4, -0.2) is 32.5 Å². The van der Waals surface area contributed by atoms with Crippen LogP contribution in [0.3, 0.4) is 0 Å². The minimum Gasteiger partial charge on any atom is -0.314 e. The maximum absolute atomic E-state index is 11.7. The standard InChI is InChI=1S/C15H25NO2S/c1-19(17,18)15-4-2-3-14(9-15)16-10-13-8-11-5-6-12(13)7-11/h5-6,11-16H,2-4,7-10H2,1H3/t11-,12-,13+,14-,15+/m0/s1. The highest BCUT2D eigenvalue weighted by Crippen LogP contribution is 2.43. The Morgan fingerprint density at radius 1 is 1.16 bits per heavy atom. The first-order valence-corrected chi connectivity index (χ1v) is 9.58. The van der Waals surface area contributed by atoms with Gasteiger partial charge >= 0.3 is 0 Å². The summed E-state index contributed by atoms with van der Waals surface area (Å²) in [5.41, 5.74) is 0. The fourth-order valence-corrected chi connectivity index (χ4v) is 5.34. The summed E-state index contributed by atoms with van der Waals surface area (Å²) in [7, 11) is -2.86. The minimum absolute atomic E-state index is 0.112. The molecule has 0 aromatic carbocycles. The molecule has 5 atom stereocenters. The molecule has 0 aliphatic heterocycles. The van der Waals surface area contributed by atoms with Gasteiger partial charge in [0.25, 0.3) is 0 Å². The van der Waals surface area contributed by atoms with Gasteiger partial charge in [0.05, 0.1) is 5.25 Å². The maximum Gasteiger partial charge on any atom is 0.150 e. The number of rotatable bonds is 4. The third-order valence-corrected chi connectivity index (χ3v) is 6.96. The van der Waals surface area contributed by atoms with Crippen LogP contribution >= 0.6 is 0 Å². The second-order valence-corrected chi connectivity index (χ2v) is 9.09. The summed E-state index contributed by atoms with van der Waals surface area (Å²) >= 11 is 0. The highest BCUT2D eigenvalue weighted by Gasteiger charge is 2.36. The Kier molecular flexibility index (Phi) is 3.73. The summed E-state index contributed by atoms with van der Waals surface area (Å²) in [5, 5.41) is 3.54. The van der Waals surface area contributed by atoms with Crippen LogP contribution in [0.4, 0.5) is 0 Å². The predicted octanol–water partition coefficient (Wildman–Crippen LogP) is 2.14. The molecular weight excluding hydrogens is 258 g/mol. The Balaban J connectivity index is 1.49. The average Bonchev–Trinajstić information content (AvgIpc) is 2.98. The lowest BCUT2D eigenvalue weighted by Crippen LogP contribution is -2.41. The first kappa shape index (κ1) is 13.6. The summed E-state index contributed by atoms with van der Waals surface area (Å²) in [5.74, 6) is 2.40. The fourth-order valence-electron chi connectivity index (χ4n) is 4.17. The van der Waals surface area contributed by atoms with Crippen molar-refractivity contribution in [1.82, 2.24) is 5.32 Å². The molecule has 0 heterocycles. The SMILES string of the molecule is CS(=O)(=O)[C@@H]1CCC[C@H](NC[C@H]2C[C@H]3C=C[C@H]2C3)C1. The molecule has 3 aliphatic carbocycles. The number of hydrogen-bond donors (Lipinski definition) is 1. The van der Waals surface area contributed by atoms with Gasteiger partial charge in [-0.05, 0) is 56.4 Å². The molecule has 0 unspecified atom stereocenters. The molecule has 0 saturated heterocycles. The summed E-state index contributed by atoms with van der Waals surface area (Å²) in [6, 6.07) is 0.414. The van der Waals surface area contributed by atoms with Gasteiger partial charge in [0.2, 0.25) is 0 Å². The number of allylic oxidation sites excluding steroid dienone is 2. The van der Waals surface area contributed by atoms with E-state index in [2.05, 4.69) is 17.5 Å². The van der Waals surface area contributed by atoms with Gasteiger partial charge in [0.1, 0.15) is 9.84 Å². The molecule has 4 heteroatoms. The number of hydrogen-bond acceptors (Lipinski definition) is 3. The van der Waals surface area contributed by atoms with Gasteiger partial charge < -0.3 is 5.32 Å². The average molecular weight is 283 g/mol. The van der Waals surface area contributed by atoms with Gasteiger partial charge in [-0.15, -0.1) is 0 Å². The predicted molar refractivity (Wildman–Crippen MR) is 77.7 cm³/mol. The van der Waals surface area contributed by atoms with E-state index in [4.69, 9.17) is 0 Å². The molecule has 0 radical (unpaired) electrons. The van der Waals surface area contributed by atoms with E-state index in [-0.39, 0.29) is 5.25 Å². The molecule has 1 N–H and O–H groups in total. The Morgan fingerprint density at radius 2 is 2.00 bits per heavy atom. The molecular formula is C15H25NO2S. The number of sulfone groups is 1. The van der Waals surface area contributed by atoms with Gasteiger partial charge in [-0.1, -0.05) is 18.6 Å². The van der Waals surface area contributed by atoms with E-state index in [0.717, 1.165) is 50.0 Å². The van der Waals surface area contributed by atoms with Crippen LogP contribution in [0.2, 0.25) is 0 Å². The smallest absolute Gasteiger partial charge is 0.150 e. The van der Waals surface area contributed by atoms with Gasteiger partial charge in [-0.25, -0.2) is 8.42 Å². The molecule has 0 aromatic rings. The molecule has 2 bridgehead atoms. The maximum atomic E-state index is 11.7. The summed E-state index contributed by atoms with van der Waals surface area (Å²) in [6.07, 6.45) is 12.7. The van der Waals surface area contributed by atoms with Crippen LogP contribution in [0.1, 0.15) is 38.5 Å². The molecule has 0 amide bonds. The Morgan fingerprint density at radius 3 is 2.63 bits per heavy atom. The van der Waals surface area contributed by atoms with Gasteiger partial charge in [-0.3, -0.25) is 0 Å². The lowest BCUT2D eigenvalue weighted by atomic mass is 9.91. The van der Waals surface area contributed by atoms with Crippen LogP contribution in [-0.2, 0) is 9.84 Å². The Labute approximate surface area is 116 Å².